The number of halogens is 4. The van der Waals surface area contributed by atoms with Gasteiger partial charge in [-0.05, 0) is 18.9 Å². The van der Waals surface area contributed by atoms with Crippen LogP contribution in [0.15, 0.2) is 12.1 Å². The van der Waals surface area contributed by atoms with E-state index < -0.39 is 23.1 Å². The van der Waals surface area contributed by atoms with Gasteiger partial charge in [-0.2, -0.15) is 0 Å². The summed E-state index contributed by atoms with van der Waals surface area (Å²) in [6, 6.07) is 1.84. The predicted octanol–water partition coefficient (Wildman–Crippen LogP) is 3.34. The zero-order chi connectivity index (χ0) is 14.3. The summed E-state index contributed by atoms with van der Waals surface area (Å²) in [6.45, 7) is 0. The van der Waals surface area contributed by atoms with Gasteiger partial charge in [-0.1, -0.05) is 0 Å². The van der Waals surface area contributed by atoms with E-state index >= 15 is 0 Å². The van der Waals surface area contributed by atoms with Crippen LogP contribution in [0, 0.1) is 11.6 Å². The molecule has 0 aliphatic heterocycles. The number of alkyl halides is 2. The van der Waals surface area contributed by atoms with Crippen molar-refractivity contribution in [2.45, 2.75) is 37.1 Å². The summed E-state index contributed by atoms with van der Waals surface area (Å²) in [5.41, 5.74) is 5.23. The van der Waals surface area contributed by atoms with E-state index in [-0.39, 0.29) is 37.0 Å². The standard InChI is InChI=1S/C13H15F4NO/c1-19-11-7-10(15)9(14)6-8(11)12(18)2-4-13(16,17)5-3-12/h6-7H,2-5,18H2,1H3. The highest BCUT2D eigenvalue weighted by Crippen LogP contribution is 2.45. The summed E-state index contributed by atoms with van der Waals surface area (Å²) >= 11 is 0. The van der Waals surface area contributed by atoms with Crippen LogP contribution in [0.2, 0.25) is 0 Å². The first-order valence-electron chi connectivity index (χ1n) is 5.98. The van der Waals surface area contributed by atoms with Gasteiger partial charge in [0.1, 0.15) is 5.75 Å². The summed E-state index contributed by atoms with van der Waals surface area (Å²) in [5, 5.41) is 0. The van der Waals surface area contributed by atoms with Crippen LogP contribution in [0.3, 0.4) is 0 Å². The van der Waals surface area contributed by atoms with Crippen molar-refractivity contribution in [3.05, 3.63) is 29.3 Å². The molecule has 19 heavy (non-hydrogen) atoms. The lowest BCUT2D eigenvalue weighted by molar-refractivity contribution is -0.0516. The van der Waals surface area contributed by atoms with Gasteiger partial charge in [-0.25, -0.2) is 17.6 Å². The van der Waals surface area contributed by atoms with Crippen LogP contribution in [0.4, 0.5) is 17.6 Å². The lowest BCUT2D eigenvalue weighted by Gasteiger charge is -2.38. The fraction of sp³-hybridized carbons (Fsp3) is 0.538. The molecule has 0 atom stereocenters. The number of benzene rings is 1. The van der Waals surface area contributed by atoms with E-state index in [2.05, 4.69) is 0 Å². The lowest BCUT2D eigenvalue weighted by atomic mass is 9.75. The van der Waals surface area contributed by atoms with Gasteiger partial charge in [-0.3, -0.25) is 0 Å². The first kappa shape index (κ1) is 14.1. The number of nitrogens with two attached hydrogens (primary N) is 1. The van der Waals surface area contributed by atoms with Crippen molar-refractivity contribution in [1.29, 1.82) is 0 Å². The number of methoxy groups -OCH3 is 1. The highest BCUT2D eigenvalue weighted by Gasteiger charge is 2.43. The molecule has 0 saturated heterocycles. The average molecular weight is 277 g/mol. The maximum Gasteiger partial charge on any atom is 0.248 e. The quantitative estimate of drug-likeness (QED) is 0.841. The Morgan fingerprint density at radius 2 is 1.58 bits per heavy atom. The second-order valence-corrected chi connectivity index (χ2v) is 4.98. The second-order valence-electron chi connectivity index (χ2n) is 4.98. The summed E-state index contributed by atoms with van der Waals surface area (Å²) in [6.07, 6.45) is -0.736. The van der Waals surface area contributed by atoms with Crippen molar-refractivity contribution in [2.24, 2.45) is 5.73 Å². The van der Waals surface area contributed by atoms with Gasteiger partial charge in [0, 0.05) is 30.0 Å². The number of ether oxygens (including phenoxy) is 1. The van der Waals surface area contributed by atoms with Crippen LogP contribution < -0.4 is 10.5 Å². The summed E-state index contributed by atoms with van der Waals surface area (Å²) < 4.78 is 57.8. The fourth-order valence-corrected chi connectivity index (χ4v) is 2.42. The monoisotopic (exact) mass is 277 g/mol. The van der Waals surface area contributed by atoms with Gasteiger partial charge < -0.3 is 10.5 Å². The Morgan fingerprint density at radius 1 is 1.05 bits per heavy atom. The zero-order valence-corrected chi connectivity index (χ0v) is 10.5. The van der Waals surface area contributed by atoms with Crippen LogP contribution in [-0.4, -0.2) is 13.0 Å². The van der Waals surface area contributed by atoms with Gasteiger partial charge in [0.05, 0.1) is 7.11 Å². The van der Waals surface area contributed by atoms with E-state index in [0.29, 0.717) is 0 Å². The molecule has 0 radical (unpaired) electrons. The second kappa shape index (κ2) is 4.67. The highest BCUT2D eigenvalue weighted by atomic mass is 19.3. The van der Waals surface area contributed by atoms with Crippen LogP contribution in [-0.2, 0) is 5.54 Å². The SMILES string of the molecule is COc1cc(F)c(F)cc1C1(N)CCC(F)(F)CC1. The molecule has 2 rings (SSSR count). The first-order chi connectivity index (χ1) is 8.77. The summed E-state index contributed by atoms with van der Waals surface area (Å²) in [5.74, 6) is -4.76. The molecule has 0 aromatic heterocycles. The minimum absolute atomic E-state index is 0.00142. The smallest absolute Gasteiger partial charge is 0.248 e. The summed E-state index contributed by atoms with van der Waals surface area (Å²) in [4.78, 5) is 0. The molecule has 2 N–H and O–H groups in total. The Labute approximate surface area is 108 Å². The summed E-state index contributed by atoms with van der Waals surface area (Å²) in [7, 11) is 1.30. The molecule has 0 unspecified atom stereocenters. The Morgan fingerprint density at radius 3 is 2.11 bits per heavy atom. The third-order valence-electron chi connectivity index (χ3n) is 3.65. The fourth-order valence-electron chi connectivity index (χ4n) is 2.42. The molecule has 6 heteroatoms. The Hall–Kier alpha value is -1.30. The Kier molecular flexibility index (Phi) is 3.47. The van der Waals surface area contributed by atoms with Crippen molar-refractivity contribution in [2.75, 3.05) is 7.11 Å². The molecule has 0 heterocycles. The number of rotatable bonds is 2. The Bertz CT molecular complexity index is 480. The van der Waals surface area contributed by atoms with Crippen molar-refractivity contribution in [1.82, 2.24) is 0 Å². The van der Waals surface area contributed by atoms with Crippen LogP contribution in [0.25, 0.3) is 0 Å². The van der Waals surface area contributed by atoms with Crippen molar-refractivity contribution in [3.63, 3.8) is 0 Å². The maximum atomic E-state index is 13.3. The van der Waals surface area contributed by atoms with E-state index in [4.69, 9.17) is 10.5 Å². The molecule has 2 nitrogen and oxygen atoms in total. The van der Waals surface area contributed by atoms with Crippen molar-refractivity contribution in [3.8, 4) is 5.75 Å². The first-order valence-corrected chi connectivity index (χ1v) is 5.98. The van der Waals surface area contributed by atoms with Gasteiger partial charge in [-0.15, -0.1) is 0 Å². The van der Waals surface area contributed by atoms with Crippen LogP contribution in [0.5, 0.6) is 5.75 Å². The van der Waals surface area contributed by atoms with E-state index in [1.807, 2.05) is 0 Å². The van der Waals surface area contributed by atoms with Gasteiger partial charge in [0.15, 0.2) is 11.6 Å². The number of hydrogen-bond donors (Lipinski definition) is 1. The largest absolute Gasteiger partial charge is 0.496 e. The minimum atomic E-state index is -2.74. The van der Waals surface area contributed by atoms with E-state index in [9.17, 15) is 17.6 Å². The molecular formula is C13H15F4NO. The van der Waals surface area contributed by atoms with E-state index in [1.54, 1.807) is 0 Å². The Balaban J connectivity index is 2.38. The predicted molar refractivity (Wildman–Crippen MR) is 62.2 cm³/mol. The topological polar surface area (TPSA) is 35.2 Å². The molecular weight excluding hydrogens is 262 g/mol. The third kappa shape index (κ3) is 2.68. The minimum Gasteiger partial charge on any atom is -0.496 e. The molecule has 0 spiro atoms. The van der Waals surface area contributed by atoms with Crippen LogP contribution >= 0.6 is 0 Å². The molecule has 0 amide bonds. The van der Waals surface area contributed by atoms with Gasteiger partial charge in [0.25, 0.3) is 0 Å². The van der Waals surface area contributed by atoms with E-state index in [0.717, 1.165) is 12.1 Å². The molecule has 1 fully saturated rings. The van der Waals surface area contributed by atoms with Crippen molar-refractivity contribution < 1.29 is 22.3 Å². The normalized spacial score (nSPS) is 21.2. The van der Waals surface area contributed by atoms with Crippen LogP contribution in [0.1, 0.15) is 31.2 Å². The molecule has 1 aliphatic rings. The maximum absolute atomic E-state index is 13.3. The van der Waals surface area contributed by atoms with Gasteiger partial charge in [0.2, 0.25) is 5.92 Å². The molecule has 106 valence electrons. The van der Waals surface area contributed by atoms with Gasteiger partial charge >= 0.3 is 0 Å². The molecule has 0 bridgehead atoms. The molecule has 1 aliphatic carbocycles. The highest BCUT2D eigenvalue weighted by molar-refractivity contribution is 5.40. The number of hydrogen-bond acceptors (Lipinski definition) is 2. The third-order valence-corrected chi connectivity index (χ3v) is 3.65. The zero-order valence-electron chi connectivity index (χ0n) is 10.5. The average Bonchev–Trinajstić information content (AvgIpc) is 2.36. The molecule has 1 saturated carbocycles. The lowest BCUT2D eigenvalue weighted by Crippen LogP contribution is -2.43. The molecule has 1 aromatic carbocycles. The van der Waals surface area contributed by atoms with Crippen molar-refractivity contribution >= 4 is 0 Å². The molecule has 1 aromatic rings. The van der Waals surface area contributed by atoms with E-state index in [1.165, 1.54) is 7.11 Å².